The van der Waals surface area contributed by atoms with Crippen LogP contribution in [0.2, 0.25) is 0 Å². The van der Waals surface area contributed by atoms with Gasteiger partial charge in [0.1, 0.15) is 18.7 Å². The first-order valence-corrected chi connectivity index (χ1v) is 17.2. The van der Waals surface area contributed by atoms with Crippen molar-refractivity contribution in [3.8, 4) is 0 Å². The van der Waals surface area contributed by atoms with Gasteiger partial charge in [0, 0.05) is 31.4 Å². The van der Waals surface area contributed by atoms with Crippen molar-refractivity contribution in [1.82, 2.24) is 50.8 Å². The summed E-state index contributed by atoms with van der Waals surface area (Å²) in [7, 11) is -9.62. The van der Waals surface area contributed by atoms with Crippen LogP contribution >= 0.6 is 0 Å². The third-order valence-corrected chi connectivity index (χ3v) is 8.45. The van der Waals surface area contributed by atoms with Gasteiger partial charge in [0.15, 0.2) is 0 Å². The summed E-state index contributed by atoms with van der Waals surface area (Å²) in [6.07, 6.45) is 8.01. The minimum absolute atomic E-state index is 0.0764. The van der Waals surface area contributed by atoms with Gasteiger partial charge >= 0.3 is 32.9 Å². The Kier molecular flexibility index (Phi) is 11.0. The smallest absolute Gasteiger partial charge is 0.348 e. The van der Waals surface area contributed by atoms with E-state index in [1.807, 2.05) is 0 Å². The number of aromatic amines is 2. The summed E-state index contributed by atoms with van der Waals surface area (Å²) in [5.74, 6) is -1.04. The van der Waals surface area contributed by atoms with Gasteiger partial charge in [-0.2, -0.15) is 27.0 Å². The van der Waals surface area contributed by atoms with E-state index in [0.29, 0.717) is 47.9 Å². The number of hydrogen-bond donors (Lipinski definition) is 6. The normalized spacial score (nSPS) is 23.4. The summed E-state index contributed by atoms with van der Waals surface area (Å²) >= 11 is 0. The zero-order valence-electron chi connectivity index (χ0n) is 25.3. The molecule has 4 fully saturated rings. The second-order valence-electron chi connectivity index (χ2n) is 11.0. The Labute approximate surface area is 277 Å². The molecule has 4 saturated heterocycles. The van der Waals surface area contributed by atoms with Gasteiger partial charge < -0.3 is 19.8 Å². The monoisotopic (exact) mass is 736 g/mol. The average Bonchev–Trinajstić information content (AvgIpc) is 3.84. The summed E-state index contributed by atoms with van der Waals surface area (Å²) in [6.45, 7) is 0.538. The molecule has 270 valence electrons. The fourth-order valence-corrected chi connectivity index (χ4v) is 6.37. The van der Waals surface area contributed by atoms with E-state index < -0.39 is 68.8 Å². The van der Waals surface area contributed by atoms with Gasteiger partial charge in [-0.3, -0.25) is 28.4 Å². The maximum atomic E-state index is 12.2. The van der Waals surface area contributed by atoms with Crippen molar-refractivity contribution in [3.63, 3.8) is 0 Å². The van der Waals surface area contributed by atoms with Crippen molar-refractivity contribution >= 4 is 44.7 Å². The maximum absolute atomic E-state index is 12.2. The Morgan fingerprint density at radius 2 is 1.24 bits per heavy atom. The summed E-state index contributed by atoms with van der Waals surface area (Å²) < 4.78 is 69.3. The second-order valence-corrected chi connectivity index (χ2v) is 13.0. The van der Waals surface area contributed by atoms with E-state index in [-0.39, 0.29) is 26.3 Å². The fraction of sp³-hybridized carbons (Fsp3) is 0.565. The topological polar surface area (TPSA) is 308 Å². The summed E-state index contributed by atoms with van der Waals surface area (Å²) in [6, 6.07) is -4.30. The van der Waals surface area contributed by atoms with Crippen LogP contribution in [-0.2, 0) is 61.7 Å². The SMILES string of the molecule is O=C(NOCCc1cnc[nH]1)[C@@H]1CC[C@@H]2CN1C(=O)N2OS(=O)(=O)O.O=C(NOCc1cnc[nH]1)[C@@H]1CC[C@@H]2CN1C(=O)N2OS(=O)(=O)O. The van der Waals surface area contributed by atoms with E-state index in [9.17, 15) is 36.0 Å². The highest BCUT2D eigenvalue weighted by atomic mass is 32.3. The van der Waals surface area contributed by atoms with Crippen molar-refractivity contribution in [1.29, 1.82) is 0 Å². The van der Waals surface area contributed by atoms with Gasteiger partial charge in [0.2, 0.25) is 0 Å². The Bertz CT molecular complexity index is 1710. The Hall–Kier alpha value is -4.44. The highest BCUT2D eigenvalue weighted by molar-refractivity contribution is 7.81. The number of nitrogens with zero attached hydrogens (tertiary/aromatic N) is 6. The third kappa shape index (κ3) is 9.17. The van der Waals surface area contributed by atoms with E-state index in [0.717, 1.165) is 5.69 Å². The van der Waals surface area contributed by atoms with Gasteiger partial charge in [-0.1, -0.05) is 0 Å². The zero-order chi connectivity index (χ0) is 35.3. The molecule has 4 bridgehead atoms. The number of H-pyrrole nitrogens is 2. The molecule has 4 aliphatic heterocycles. The molecular formula is C23H32N10O14S2. The van der Waals surface area contributed by atoms with Crippen LogP contribution in [0.4, 0.5) is 9.59 Å². The lowest BCUT2D eigenvalue weighted by molar-refractivity contribution is -0.140. The number of carbonyl (C=O) groups excluding carboxylic acids is 4. The number of hydrogen-bond acceptors (Lipinski definition) is 14. The molecule has 24 nitrogen and oxygen atoms in total. The Morgan fingerprint density at radius 1 is 0.776 bits per heavy atom. The molecule has 6 heterocycles. The number of imidazole rings is 2. The first kappa shape index (κ1) is 35.9. The zero-order valence-corrected chi connectivity index (χ0v) is 26.9. The van der Waals surface area contributed by atoms with Gasteiger partial charge in [-0.25, -0.2) is 30.5 Å². The molecule has 0 spiro atoms. The summed E-state index contributed by atoms with van der Waals surface area (Å²) in [5, 5.41) is 1.16. The van der Waals surface area contributed by atoms with Gasteiger partial charge in [-0.05, 0) is 25.7 Å². The highest BCUT2D eigenvalue weighted by Gasteiger charge is 2.50. The van der Waals surface area contributed by atoms with Crippen molar-refractivity contribution in [2.45, 2.75) is 62.9 Å². The highest BCUT2D eigenvalue weighted by Crippen LogP contribution is 2.32. The van der Waals surface area contributed by atoms with E-state index >= 15 is 0 Å². The predicted octanol–water partition coefficient (Wildman–Crippen LogP) is -2.04. The summed E-state index contributed by atoms with van der Waals surface area (Å²) in [5.41, 5.74) is 6.04. The van der Waals surface area contributed by atoms with Crippen LogP contribution in [0.15, 0.2) is 25.0 Å². The third-order valence-electron chi connectivity index (χ3n) is 7.76. The molecule has 0 aromatic carbocycles. The Morgan fingerprint density at radius 3 is 1.69 bits per heavy atom. The molecule has 4 aliphatic rings. The van der Waals surface area contributed by atoms with Crippen LogP contribution in [0.25, 0.3) is 0 Å². The van der Waals surface area contributed by atoms with E-state index in [4.69, 9.17) is 18.8 Å². The largest absolute Gasteiger partial charge is 0.418 e. The molecule has 6 amide bonds. The molecule has 26 heteroatoms. The van der Waals surface area contributed by atoms with Crippen molar-refractivity contribution in [2.75, 3.05) is 19.7 Å². The van der Waals surface area contributed by atoms with Crippen molar-refractivity contribution in [2.24, 2.45) is 0 Å². The van der Waals surface area contributed by atoms with Crippen LogP contribution < -0.4 is 11.0 Å². The van der Waals surface area contributed by atoms with Crippen LogP contribution in [0.3, 0.4) is 0 Å². The standard InChI is InChI=1S/C12H17N5O7S.C11H15N5O7S/c18-11(15-23-4-3-8-5-13-7-14-8)10-2-1-9-6-16(10)12(19)17(9)24-25(20,21)22;17-10(14-22-5-7-3-12-6-13-7)9-2-1-8-4-15(9)11(18)16(8)23-24(19,20)21/h5,7,9-10H,1-4,6H2,(H,13,14)(H,15,18)(H,20,21,22);3,6,8-9H,1-2,4-5H2,(H,12,13)(H,14,17)(H,19,20,21)/t9-,10+;8-,9+/m11/s1. The quantitative estimate of drug-likeness (QED) is 0.0733. The van der Waals surface area contributed by atoms with E-state index in [1.165, 1.54) is 28.7 Å². The molecule has 6 N–H and O–H groups in total. The number of amides is 6. The second kappa shape index (κ2) is 15.0. The van der Waals surface area contributed by atoms with Crippen LogP contribution in [0.5, 0.6) is 0 Å². The lowest BCUT2D eigenvalue weighted by atomic mass is 10.0. The lowest BCUT2D eigenvalue weighted by Gasteiger charge is -2.28. The minimum Gasteiger partial charge on any atom is -0.348 e. The van der Waals surface area contributed by atoms with Gasteiger partial charge in [0.25, 0.3) is 11.8 Å². The number of fused-ring (bicyclic) bond motifs is 4. The fourth-order valence-electron chi connectivity index (χ4n) is 5.60. The summed E-state index contributed by atoms with van der Waals surface area (Å²) in [4.78, 5) is 74.6. The number of carbonyl (C=O) groups is 4. The average molecular weight is 737 g/mol. The predicted molar refractivity (Wildman–Crippen MR) is 155 cm³/mol. The molecule has 0 unspecified atom stereocenters. The number of urea groups is 2. The number of rotatable bonds is 13. The number of aromatic nitrogens is 4. The van der Waals surface area contributed by atoms with Crippen LogP contribution in [0.1, 0.15) is 37.1 Å². The molecule has 6 rings (SSSR count). The molecule has 4 atom stereocenters. The Balaban J connectivity index is 0.000000191. The molecule has 49 heavy (non-hydrogen) atoms. The minimum atomic E-state index is -4.81. The first-order valence-electron chi connectivity index (χ1n) is 14.5. The maximum Gasteiger partial charge on any atom is 0.418 e. The molecular weight excluding hydrogens is 704 g/mol. The first-order chi connectivity index (χ1) is 23.2. The molecule has 2 aromatic heterocycles. The molecule has 0 aliphatic carbocycles. The van der Waals surface area contributed by atoms with E-state index in [2.05, 4.69) is 39.5 Å². The number of nitrogens with one attached hydrogen (secondary N) is 4. The number of piperidine rings is 2. The molecule has 0 saturated carbocycles. The van der Waals surface area contributed by atoms with Crippen LogP contribution in [-0.4, -0.2) is 134 Å². The van der Waals surface area contributed by atoms with Gasteiger partial charge in [0.05, 0.1) is 43.2 Å². The van der Waals surface area contributed by atoms with Gasteiger partial charge in [-0.15, -0.1) is 8.57 Å². The number of hydroxylamine groups is 6. The lowest BCUT2D eigenvalue weighted by Crippen LogP contribution is -2.49. The van der Waals surface area contributed by atoms with E-state index in [1.54, 1.807) is 6.20 Å². The van der Waals surface area contributed by atoms with Crippen molar-refractivity contribution in [3.05, 3.63) is 36.4 Å². The molecule has 2 aromatic rings. The van der Waals surface area contributed by atoms with Crippen LogP contribution in [0, 0.1) is 0 Å². The van der Waals surface area contributed by atoms with Crippen molar-refractivity contribution < 1.29 is 63.4 Å². The molecule has 0 radical (unpaired) electrons.